The topological polar surface area (TPSA) is 84.2 Å². The van der Waals surface area contributed by atoms with Gasteiger partial charge >= 0.3 is 5.97 Å². The van der Waals surface area contributed by atoms with E-state index in [9.17, 15) is 9.59 Å². The highest BCUT2D eigenvalue weighted by Crippen LogP contribution is 2.31. The number of hydrogen-bond acceptors (Lipinski definition) is 3. The van der Waals surface area contributed by atoms with Crippen molar-refractivity contribution in [2.45, 2.75) is 25.7 Å². The van der Waals surface area contributed by atoms with Crippen LogP contribution in [0.3, 0.4) is 0 Å². The summed E-state index contributed by atoms with van der Waals surface area (Å²) >= 11 is 0. The number of pyridine rings is 1. The molecular formula is C17H21N3O3. The monoisotopic (exact) mass is 315 g/mol. The molecule has 2 aromatic heterocycles. The molecule has 0 bridgehead atoms. The van der Waals surface area contributed by atoms with Gasteiger partial charge < -0.3 is 15.0 Å². The number of amides is 1. The summed E-state index contributed by atoms with van der Waals surface area (Å²) in [5.41, 5.74) is 2.10. The van der Waals surface area contributed by atoms with Gasteiger partial charge in [-0.25, -0.2) is 4.98 Å². The van der Waals surface area contributed by atoms with E-state index >= 15 is 0 Å². The van der Waals surface area contributed by atoms with Crippen LogP contribution in [0.25, 0.3) is 11.0 Å². The molecule has 1 saturated carbocycles. The first-order chi connectivity index (χ1) is 11.1. The molecule has 2 heterocycles. The Hall–Kier alpha value is -2.37. The number of fused-ring (bicyclic) bond motifs is 1. The molecule has 23 heavy (non-hydrogen) atoms. The molecule has 6 heteroatoms. The highest BCUT2D eigenvalue weighted by molar-refractivity contribution is 5.82. The maximum Gasteiger partial charge on any atom is 0.306 e. The zero-order valence-corrected chi connectivity index (χ0v) is 13.2. The molecule has 0 aromatic carbocycles. The summed E-state index contributed by atoms with van der Waals surface area (Å²) in [7, 11) is 1.96. The Kier molecular flexibility index (Phi) is 4.32. The Morgan fingerprint density at radius 3 is 2.91 bits per heavy atom. The Morgan fingerprint density at radius 1 is 1.39 bits per heavy atom. The van der Waals surface area contributed by atoms with Crippen molar-refractivity contribution in [2.75, 3.05) is 6.54 Å². The van der Waals surface area contributed by atoms with Crippen molar-refractivity contribution < 1.29 is 14.7 Å². The minimum absolute atomic E-state index is 0.0212. The molecule has 122 valence electrons. The average Bonchev–Trinajstić information content (AvgIpc) is 3.14. The molecular weight excluding hydrogens is 294 g/mol. The van der Waals surface area contributed by atoms with Crippen molar-refractivity contribution in [3.63, 3.8) is 0 Å². The number of carbonyl (C=O) groups excluding carboxylic acids is 1. The fraction of sp³-hybridized carbons (Fsp3) is 0.471. The van der Waals surface area contributed by atoms with Crippen LogP contribution in [0.1, 0.15) is 24.8 Å². The van der Waals surface area contributed by atoms with Crippen molar-refractivity contribution in [2.24, 2.45) is 18.9 Å². The lowest BCUT2D eigenvalue weighted by Crippen LogP contribution is -2.31. The second-order valence-electron chi connectivity index (χ2n) is 6.23. The number of aryl methyl sites for hydroxylation is 1. The molecule has 0 aliphatic heterocycles. The van der Waals surface area contributed by atoms with Crippen LogP contribution < -0.4 is 5.32 Å². The van der Waals surface area contributed by atoms with Gasteiger partial charge in [-0.3, -0.25) is 9.59 Å². The third-order valence-electron chi connectivity index (χ3n) is 4.66. The van der Waals surface area contributed by atoms with Crippen molar-refractivity contribution in [3.05, 3.63) is 30.1 Å². The van der Waals surface area contributed by atoms with E-state index in [4.69, 9.17) is 5.11 Å². The largest absolute Gasteiger partial charge is 0.481 e. The van der Waals surface area contributed by atoms with Gasteiger partial charge in [-0.1, -0.05) is 0 Å². The molecule has 2 atom stereocenters. The zero-order valence-electron chi connectivity index (χ0n) is 13.2. The van der Waals surface area contributed by atoms with Gasteiger partial charge in [0.1, 0.15) is 5.65 Å². The maximum absolute atomic E-state index is 12.2. The summed E-state index contributed by atoms with van der Waals surface area (Å²) in [5.74, 6) is -1.34. The number of carboxylic acids is 1. The van der Waals surface area contributed by atoms with E-state index in [1.165, 1.54) is 0 Å². The number of carboxylic acid groups (broad SMARTS) is 1. The number of carbonyl (C=O) groups is 2. The van der Waals surface area contributed by atoms with Crippen LogP contribution in [0, 0.1) is 11.8 Å². The second-order valence-corrected chi connectivity index (χ2v) is 6.23. The van der Waals surface area contributed by atoms with Crippen LogP contribution in [0.5, 0.6) is 0 Å². The molecule has 0 unspecified atom stereocenters. The number of nitrogens with zero attached hydrogens (tertiary/aromatic N) is 2. The van der Waals surface area contributed by atoms with E-state index in [2.05, 4.69) is 10.3 Å². The van der Waals surface area contributed by atoms with E-state index in [0.717, 1.165) is 23.0 Å². The van der Waals surface area contributed by atoms with Crippen LogP contribution in [0.4, 0.5) is 0 Å². The lowest BCUT2D eigenvalue weighted by molar-refractivity contribution is -0.141. The fourth-order valence-corrected chi connectivity index (χ4v) is 3.40. The van der Waals surface area contributed by atoms with Gasteiger partial charge in [0, 0.05) is 37.3 Å². The molecule has 1 aliphatic carbocycles. The average molecular weight is 315 g/mol. The molecule has 1 fully saturated rings. The first-order valence-electron chi connectivity index (χ1n) is 7.95. The number of hydrogen-bond donors (Lipinski definition) is 2. The smallest absolute Gasteiger partial charge is 0.306 e. The molecule has 0 saturated heterocycles. The molecule has 2 N–H and O–H groups in total. The second kappa shape index (κ2) is 6.40. The summed E-state index contributed by atoms with van der Waals surface area (Å²) in [6, 6.07) is 3.95. The number of nitrogens with one attached hydrogen (secondary N) is 1. The van der Waals surface area contributed by atoms with Gasteiger partial charge in [0.05, 0.1) is 5.92 Å². The number of rotatable bonds is 5. The summed E-state index contributed by atoms with van der Waals surface area (Å²) in [5, 5.41) is 13.1. The van der Waals surface area contributed by atoms with Crippen molar-refractivity contribution in [3.8, 4) is 0 Å². The van der Waals surface area contributed by atoms with E-state index in [1.807, 2.05) is 29.9 Å². The molecule has 6 nitrogen and oxygen atoms in total. The highest BCUT2D eigenvalue weighted by atomic mass is 16.4. The summed E-state index contributed by atoms with van der Waals surface area (Å²) < 4.78 is 1.99. The van der Waals surface area contributed by atoms with Gasteiger partial charge in [0.15, 0.2) is 0 Å². The lowest BCUT2D eigenvalue weighted by atomic mass is 10.0. The van der Waals surface area contributed by atoms with Gasteiger partial charge in [0.25, 0.3) is 0 Å². The van der Waals surface area contributed by atoms with Crippen molar-refractivity contribution >= 4 is 22.9 Å². The molecule has 0 radical (unpaired) electrons. The van der Waals surface area contributed by atoms with E-state index in [-0.39, 0.29) is 17.7 Å². The Bertz CT molecular complexity index is 738. The SMILES string of the molecule is Cn1cc(CCNC(=O)[C@@H]2CC[C@H](C(=O)O)C2)c2cccnc21. The minimum atomic E-state index is -0.788. The van der Waals surface area contributed by atoms with Gasteiger partial charge in [-0.2, -0.15) is 0 Å². The Labute approximate surface area is 134 Å². The first-order valence-corrected chi connectivity index (χ1v) is 7.95. The van der Waals surface area contributed by atoms with Crippen molar-refractivity contribution in [1.29, 1.82) is 0 Å². The third kappa shape index (κ3) is 3.21. The Balaban J connectivity index is 1.55. The van der Waals surface area contributed by atoms with Crippen LogP contribution in [-0.4, -0.2) is 33.1 Å². The zero-order chi connectivity index (χ0) is 16.4. The normalized spacial score (nSPS) is 20.7. The summed E-state index contributed by atoms with van der Waals surface area (Å²) in [6.07, 6.45) is 6.28. The number of aromatic nitrogens is 2. The van der Waals surface area contributed by atoms with Gasteiger partial charge in [-0.15, -0.1) is 0 Å². The van der Waals surface area contributed by atoms with Gasteiger partial charge in [-0.05, 0) is 43.4 Å². The standard InChI is InChI=1S/C17H21N3O3/c1-20-10-13(14-3-2-7-18-15(14)20)6-8-19-16(21)11-4-5-12(9-11)17(22)23/h2-3,7,10-12H,4-6,8-9H2,1H3,(H,19,21)(H,22,23)/t11-,12+/m1/s1. The fourth-order valence-electron chi connectivity index (χ4n) is 3.40. The molecule has 0 spiro atoms. The minimum Gasteiger partial charge on any atom is -0.481 e. The van der Waals surface area contributed by atoms with E-state index < -0.39 is 5.97 Å². The van der Waals surface area contributed by atoms with E-state index in [0.29, 0.717) is 25.8 Å². The molecule has 1 aliphatic rings. The summed E-state index contributed by atoms with van der Waals surface area (Å²) in [4.78, 5) is 27.5. The van der Waals surface area contributed by atoms with Crippen LogP contribution in [-0.2, 0) is 23.1 Å². The number of aliphatic carboxylic acids is 1. The maximum atomic E-state index is 12.2. The highest BCUT2D eigenvalue weighted by Gasteiger charge is 2.33. The third-order valence-corrected chi connectivity index (χ3v) is 4.66. The molecule has 3 rings (SSSR count). The van der Waals surface area contributed by atoms with Crippen molar-refractivity contribution in [1.82, 2.24) is 14.9 Å². The van der Waals surface area contributed by atoms with Crippen LogP contribution in [0.15, 0.2) is 24.5 Å². The van der Waals surface area contributed by atoms with Crippen LogP contribution in [0.2, 0.25) is 0 Å². The van der Waals surface area contributed by atoms with Gasteiger partial charge in [0.2, 0.25) is 5.91 Å². The predicted octanol–water partition coefficient (Wildman–Crippen LogP) is 1.73. The Morgan fingerprint density at radius 2 is 2.17 bits per heavy atom. The molecule has 2 aromatic rings. The van der Waals surface area contributed by atoms with Crippen LogP contribution >= 0.6 is 0 Å². The van der Waals surface area contributed by atoms with E-state index in [1.54, 1.807) is 6.20 Å². The lowest BCUT2D eigenvalue weighted by Gasteiger charge is -2.10. The molecule has 1 amide bonds. The summed E-state index contributed by atoms with van der Waals surface area (Å²) in [6.45, 7) is 0.557. The predicted molar refractivity (Wildman–Crippen MR) is 85.9 cm³/mol. The quantitative estimate of drug-likeness (QED) is 0.880. The first kappa shape index (κ1) is 15.5.